The van der Waals surface area contributed by atoms with Gasteiger partial charge in [0.1, 0.15) is 5.82 Å². The maximum Gasteiger partial charge on any atom is 0.271 e. The molecule has 0 spiro atoms. The minimum atomic E-state index is -0.693. The van der Waals surface area contributed by atoms with Crippen molar-refractivity contribution in [3.8, 4) is 0 Å². The second-order valence-corrected chi connectivity index (χ2v) is 6.89. The van der Waals surface area contributed by atoms with Crippen molar-refractivity contribution in [3.63, 3.8) is 0 Å². The van der Waals surface area contributed by atoms with E-state index in [4.69, 9.17) is 23.2 Å². The van der Waals surface area contributed by atoms with Crippen LogP contribution in [0.2, 0.25) is 10.0 Å². The smallest absolute Gasteiger partial charge is 0.271 e. The van der Waals surface area contributed by atoms with Crippen LogP contribution in [0.4, 0.5) is 15.8 Å². The minimum absolute atomic E-state index is 0.0633. The Labute approximate surface area is 159 Å². The average Bonchev–Trinajstić information content (AvgIpc) is 2.54. The molecule has 1 amide bonds. The Bertz CT molecular complexity index is 859. The Balaban J connectivity index is 2.03. The van der Waals surface area contributed by atoms with Gasteiger partial charge in [0, 0.05) is 22.7 Å². The summed E-state index contributed by atoms with van der Waals surface area (Å²) >= 11 is 12.0. The molecule has 0 aromatic heterocycles. The Morgan fingerprint density at radius 2 is 1.88 bits per heavy atom. The highest BCUT2D eigenvalue weighted by Gasteiger charge is 2.24. The van der Waals surface area contributed by atoms with Crippen LogP contribution in [-0.4, -0.2) is 17.4 Å². The molecule has 0 aliphatic rings. The van der Waals surface area contributed by atoms with Crippen molar-refractivity contribution in [2.24, 2.45) is 0 Å². The van der Waals surface area contributed by atoms with E-state index in [-0.39, 0.29) is 28.0 Å². The molecule has 0 radical (unpaired) electrons. The van der Waals surface area contributed by atoms with Gasteiger partial charge in [-0.3, -0.25) is 20.2 Å². The first-order valence-corrected chi connectivity index (χ1v) is 8.30. The van der Waals surface area contributed by atoms with E-state index in [1.165, 1.54) is 24.3 Å². The predicted octanol–water partition coefficient (Wildman–Crippen LogP) is 4.50. The summed E-state index contributed by atoms with van der Waals surface area (Å²) in [6.07, 6.45) is 0. The van der Waals surface area contributed by atoms with Gasteiger partial charge in [-0.1, -0.05) is 29.3 Å². The molecule has 0 unspecified atom stereocenters. The average molecular weight is 400 g/mol. The maximum atomic E-state index is 13.2. The number of amides is 1. The van der Waals surface area contributed by atoms with Gasteiger partial charge in [0.05, 0.1) is 22.2 Å². The van der Waals surface area contributed by atoms with Crippen LogP contribution < -0.4 is 10.6 Å². The second kappa shape index (κ2) is 7.99. The molecule has 0 fully saturated rings. The van der Waals surface area contributed by atoms with Gasteiger partial charge in [0.2, 0.25) is 5.91 Å². The van der Waals surface area contributed by atoms with Crippen LogP contribution in [-0.2, 0) is 10.3 Å². The molecule has 9 heteroatoms. The zero-order chi connectivity index (χ0) is 19.5. The highest BCUT2D eigenvalue weighted by atomic mass is 35.5. The number of hydrogen-bond donors (Lipinski definition) is 2. The fourth-order valence-corrected chi connectivity index (χ4v) is 2.93. The zero-order valence-corrected chi connectivity index (χ0v) is 15.5. The summed E-state index contributed by atoms with van der Waals surface area (Å²) in [5.41, 5.74) is 0.0446. The van der Waals surface area contributed by atoms with Gasteiger partial charge in [0.15, 0.2) is 0 Å². The number of benzene rings is 2. The molecule has 2 N–H and O–H groups in total. The van der Waals surface area contributed by atoms with E-state index in [2.05, 4.69) is 10.6 Å². The second-order valence-electron chi connectivity index (χ2n) is 6.07. The topological polar surface area (TPSA) is 84.3 Å². The number of carbonyl (C=O) groups excluding carboxylic acids is 1. The number of non-ortho nitro benzene ring substituents is 1. The third-order valence-electron chi connectivity index (χ3n) is 3.73. The number of nitrogens with zero attached hydrogens (tertiary/aromatic N) is 1. The molecule has 2 aromatic rings. The van der Waals surface area contributed by atoms with E-state index in [0.717, 1.165) is 6.07 Å². The molecule has 0 aliphatic carbocycles. The van der Waals surface area contributed by atoms with Gasteiger partial charge < -0.3 is 5.32 Å². The highest BCUT2D eigenvalue weighted by Crippen LogP contribution is 2.29. The Hall–Kier alpha value is -2.22. The van der Waals surface area contributed by atoms with Crippen molar-refractivity contribution in [1.29, 1.82) is 0 Å². The van der Waals surface area contributed by atoms with E-state index in [0.29, 0.717) is 5.56 Å². The normalized spacial score (nSPS) is 11.3. The number of rotatable bonds is 6. The van der Waals surface area contributed by atoms with Crippen LogP contribution in [0.5, 0.6) is 0 Å². The molecule has 2 aromatic carbocycles. The number of nitro benzene ring substituents is 1. The lowest BCUT2D eigenvalue weighted by molar-refractivity contribution is -0.384. The van der Waals surface area contributed by atoms with Crippen molar-refractivity contribution in [2.45, 2.75) is 19.4 Å². The third kappa shape index (κ3) is 4.91. The quantitative estimate of drug-likeness (QED) is 0.552. The lowest BCUT2D eigenvalue weighted by Gasteiger charge is -2.27. The first kappa shape index (κ1) is 20.1. The first-order chi connectivity index (χ1) is 12.1. The number of hydrogen-bond acceptors (Lipinski definition) is 4. The standard InChI is InChI=1S/C17H16Cl2FN3O3/c1-17(2,12-5-3-10(20)7-13(12)18)21-9-16(24)22-15-6-4-11(23(25)26)8-14(15)19/h3-8,21H,9H2,1-2H3,(H,22,24). The van der Waals surface area contributed by atoms with Crippen LogP contribution >= 0.6 is 23.2 Å². The summed E-state index contributed by atoms with van der Waals surface area (Å²) in [4.78, 5) is 22.3. The fourth-order valence-electron chi connectivity index (χ4n) is 2.31. The van der Waals surface area contributed by atoms with Crippen LogP contribution in [0.1, 0.15) is 19.4 Å². The van der Waals surface area contributed by atoms with Crippen molar-refractivity contribution < 1.29 is 14.1 Å². The molecule has 138 valence electrons. The van der Waals surface area contributed by atoms with E-state index < -0.39 is 22.2 Å². The van der Waals surface area contributed by atoms with Crippen molar-refractivity contribution in [3.05, 3.63) is 67.9 Å². The van der Waals surface area contributed by atoms with Crippen molar-refractivity contribution in [2.75, 3.05) is 11.9 Å². The molecule has 2 rings (SSSR count). The zero-order valence-electron chi connectivity index (χ0n) is 14.0. The molecule has 6 nitrogen and oxygen atoms in total. The molecule has 0 heterocycles. The van der Waals surface area contributed by atoms with Gasteiger partial charge in [0.25, 0.3) is 5.69 Å². The third-order valence-corrected chi connectivity index (χ3v) is 4.36. The monoisotopic (exact) mass is 399 g/mol. The predicted molar refractivity (Wildman–Crippen MR) is 99.2 cm³/mol. The maximum absolute atomic E-state index is 13.2. The van der Waals surface area contributed by atoms with Gasteiger partial charge in [-0.25, -0.2) is 4.39 Å². The van der Waals surface area contributed by atoms with Crippen molar-refractivity contribution in [1.82, 2.24) is 5.32 Å². The van der Waals surface area contributed by atoms with Gasteiger partial charge in [-0.2, -0.15) is 0 Å². The SMILES string of the molecule is CC(C)(NCC(=O)Nc1ccc([N+](=O)[O-])cc1Cl)c1ccc(F)cc1Cl. The van der Waals surface area contributed by atoms with Crippen LogP contribution in [0.25, 0.3) is 0 Å². The molecule has 0 saturated heterocycles. The first-order valence-electron chi connectivity index (χ1n) is 7.54. The number of anilines is 1. The molecule has 0 saturated carbocycles. The highest BCUT2D eigenvalue weighted by molar-refractivity contribution is 6.34. The molecular weight excluding hydrogens is 384 g/mol. The van der Waals surface area contributed by atoms with Gasteiger partial charge >= 0.3 is 0 Å². The van der Waals surface area contributed by atoms with E-state index in [1.54, 1.807) is 19.9 Å². The number of nitro groups is 1. The summed E-state index contributed by atoms with van der Waals surface area (Å²) in [6.45, 7) is 3.53. The van der Waals surface area contributed by atoms with Crippen molar-refractivity contribution >= 4 is 40.5 Å². The molecule has 0 aliphatic heterocycles. The lowest BCUT2D eigenvalue weighted by Crippen LogP contribution is -2.41. The van der Waals surface area contributed by atoms with Crippen LogP contribution in [0.3, 0.4) is 0 Å². The Kier molecular flexibility index (Phi) is 6.17. The van der Waals surface area contributed by atoms with E-state index in [9.17, 15) is 19.3 Å². The molecular formula is C17H16Cl2FN3O3. The van der Waals surface area contributed by atoms with Gasteiger partial charge in [-0.05, 0) is 37.6 Å². The summed E-state index contributed by atoms with van der Waals surface area (Å²) in [6, 6.07) is 7.82. The molecule has 0 atom stereocenters. The Morgan fingerprint density at radius 3 is 2.46 bits per heavy atom. The van der Waals surface area contributed by atoms with Crippen LogP contribution in [0, 0.1) is 15.9 Å². The Morgan fingerprint density at radius 1 is 1.19 bits per heavy atom. The minimum Gasteiger partial charge on any atom is -0.324 e. The fraction of sp³-hybridized carbons (Fsp3) is 0.235. The van der Waals surface area contributed by atoms with Crippen LogP contribution in [0.15, 0.2) is 36.4 Å². The molecule has 26 heavy (non-hydrogen) atoms. The van der Waals surface area contributed by atoms with E-state index in [1.807, 2.05) is 0 Å². The number of carbonyl (C=O) groups is 1. The summed E-state index contributed by atoms with van der Waals surface area (Å²) in [7, 11) is 0. The molecule has 0 bridgehead atoms. The number of nitrogens with one attached hydrogen (secondary N) is 2. The number of halogens is 3. The summed E-state index contributed by atoms with van der Waals surface area (Å²) < 4.78 is 13.2. The van der Waals surface area contributed by atoms with E-state index >= 15 is 0 Å². The lowest BCUT2D eigenvalue weighted by atomic mass is 9.94. The largest absolute Gasteiger partial charge is 0.324 e. The summed E-state index contributed by atoms with van der Waals surface area (Å²) in [5.74, 6) is -0.841. The van der Waals surface area contributed by atoms with Gasteiger partial charge in [-0.15, -0.1) is 0 Å². The summed E-state index contributed by atoms with van der Waals surface area (Å²) in [5, 5.41) is 16.6.